The lowest BCUT2D eigenvalue weighted by molar-refractivity contribution is -0.384. The molecule has 8 nitrogen and oxygen atoms in total. The minimum absolute atomic E-state index is 0.0109. The first-order chi connectivity index (χ1) is 9.77. The van der Waals surface area contributed by atoms with Crippen LogP contribution in [0.1, 0.15) is 26.5 Å². The number of non-ortho nitro benzene ring substituents is 1. The second-order valence-electron chi connectivity index (χ2n) is 5.53. The molecule has 0 aliphatic carbocycles. The first-order valence-electron chi connectivity index (χ1n) is 6.26. The van der Waals surface area contributed by atoms with E-state index in [1.165, 1.54) is 24.3 Å². The molecular weight excluding hydrogens is 274 g/mol. The summed E-state index contributed by atoms with van der Waals surface area (Å²) in [5.41, 5.74) is 0.183. The van der Waals surface area contributed by atoms with Crippen LogP contribution in [0.5, 0.6) is 0 Å². The van der Waals surface area contributed by atoms with Crippen molar-refractivity contribution in [2.75, 3.05) is 5.32 Å². The Kier molecular flexibility index (Phi) is 3.70. The van der Waals surface area contributed by atoms with E-state index in [4.69, 9.17) is 0 Å². The molecule has 21 heavy (non-hydrogen) atoms. The Morgan fingerprint density at radius 1 is 1.19 bits per heavy atom. The molecule has 0 saturated carbocycles. The molecule has 1 aromatic carbocycles. The fraction of sp³-hybridized carbons (Fsp3) is 0.308. The molecule has 0 unspecified atom stereocenters. The largest absolute Gasteiger partial charge is 0.324 e. The van der Waals surface area contributed by atoms with Gasteiger partial charge in [-0.1, -0.05) is 20.8 Å². The summed E-state index contributed by atoms with van der Waals surface area (Å²) < 4.78 is 0. The number of nitrogens with one attached hydrogen (secondary N) is 2. The van der Waals surface area contributed by atoms with Crippen LogP contribution in [0.25, 0.3) is 0 Å². The van der Waals surface area contributed by atoms with Gasteiger partial charge in [-0.05, 0) is 12.1 Å². The third-order valence-electron chi connectivity index (χ3n) is 2.75. The van der Waals surface area contributed by atoms with E-state index in [0.29, 0.717) is 11.4 Å². The van der Waals surface area contributed by atoms with Crippen LogP contribution in [0, 0.1) is 10.1 Å². The number of aromatic nitrogens is 3. The van der Waals surface area contributed by atoms with Crippen molar-refractivity contribution >= 4 is 17.3 Å². The van der Waals surface area contributed by atoms with Gasteiger partial charge in [0.2, 0.25) is 5.95 Å². The summed E-state index contributed by atoms with van der Waals surface area (Å²) >= 11 is 0. The Labute approximate surface area is 120 Å². The lowest BCUT2D eigenvalue weighted by Crippen LogP contribution is -2.28. The van der Waals surface area contributed by atoms with Crippen molar-refractivity contribution in [1.29, 1.82) is 0 Å². The average molecular weight is 289 g/mol. The summed E-state index contributed by atoms with van der Waals surface area (Å²) in [6.45, 7) is 5.61. The summed E-state index contributed by atoms with van der Waals surface area (Å²) in [4.78, 5) is 24.6. The highest BCUT2D eigenvalue weighted by molar-refractivity contribution is 5.55. The van der Waals surface area contributed by atoms with Crippen LogP contribution in [0.3, 0.4) is 0 Å². The van der Waals surface area contributed by atoms with Crippen molar-refractivity contribution in [1.82, 2.24) is 15.2 Å². The zero-order valence-electron chi connectivity index (χ0n) is 11.9. The Hall–Kier alpha value is -2.77. The molecule has 8 heteroatoms. The molecule has 2 aromatic rings. The van der Waals surface area contributed by atoms with Gasteiger partial charge in [0.15, 0.2) is 0 Å². The molecule has 0 radical (unpaired) electrons. The lowest BCUT2D eigenvalue weighted by Gasteiger charge is -2.15. The average Bonchev–Trinajstić information content (AvgIpc) is 2.37. The first kappa shape index (κ1) is 14.6. The molecule has 0 atom stereocenters. The number of aromatic amines is 1. The van der Waals surface area contributed by atoms with Crippen molar-refractivity contribution in [2.45, 2.75) is 26.2 Å². The molecule has 0 saturated heterocycles. The predicted molar refractivity (Wildman–Crippen MR) is 77.7 cm³/mol. The number of anilines is 2. The van der Waals surface area contributed by atoms with Crippen LogP contribution in [0.15, 0.2) is 29.1 Å². The normalized spacial score (nSPS) is 11.2. The maximum absolute atomic E-state index is 11.9. The second-order valence-corrected chi connectivity index (χ2v) is 5.53. The highest BCUT2D eigenvalue weighted by atomic mass is 16.6. The van der Waals surface area contributed by atoms with E-state index in [-0.39, 0.29) is 17.2 Å². The van der Waals surface area contributed by atoms with Gasteiger partial charge in [0.05, 0.1) is 4.92 Å². The number of nitrogens with zero attached hydrogens (tertiary/aromatic N) is 3. The maximum Gasteiger partial charge on any atom is 0.274 e. The molecule has 0 bridgehead atoms. The van der Waals surface area contributed by atoms with E-state index in [2.05, 4.69) is 20.5 Å². The Morgan fingerprint density at radius 2 is 1.81 bits per heavy atom. The van der Waals surface area contributed by atoms with Crippen molar-refractivity contribution in [3.8, 4) is 0 Å². The number of hydrogen-bond acceptors (Lipinski definition) is 6. The highest BCUT2D eigenvalue weighted by Gasteiger charge is 2.20. The third kappa shape index (κ3) is 3.41. The molecule has 0 aliphatic rings. The van der Waals surface area contributed by atoms with Crippen LogP contribution in [-0.2, 0) is 5.41 Å². The maximum atomic E-state index is 11.9. The number of nitro benzene ring substituents is 1. The topological polar surface area (TPSA) is 114 Å². The third-order valence-corrected chi connectivity index (χ3v) is 2.75. The van der Waals surface area contributed by atoms with Crippen LogP contribution in [0.2, 0.25) is 0 Å². The molecule has 0 spiro atoms. The predicted octanol–water partition coefficient (Wildman–Crippen LogP) is 2.11. The van der Waals surface area contributed by atoms with Crippen LogP contribution in [0.4, 0.5) is 17.3 Å². The molecule has 1 heterocycles. The molecule has 0 fully saturated rings. The SMILES string of the molecule is CC(C)(C)c1nnc(Nc2ccc([N+](=O)[O-])cc2)[nH]c1=O. The van der Waals surface area contributed by atoms with Crippen LogP contribution in [-0.4, -0.2) is 20.1 Å². The van der Waals surface area contributed by atoms with E-state index in [9.17, 15) is 14.9 Å². The summed E-state index contributed by atoms with van der Waals surface area (Å²) in [5.74, 6) is 0.182. The zero-order valence-corrected chi connectivity index (χ0v) is 11.9. The van der Waals surface area contributed by atoms with Crippen molar-refractivity contribution in [2.24, 2.45) is 0 Å². The van der Waals surface area contributed by atoms with Crippen LogP contribution >= 0.6 is 0 Å². The highest BCUT2D eigenvalue weighted by Crippen LogP contribution is 2.18. The molecule has 0 amide bonds. The fourth-order valence-corrected chi connectivity index (χ4v) is 1.69. The van der Waals surface area contributed by atoms with Gasteiger partial charge in [-0.2, -0.15) is 0 Å². The molecular formula is C13H15N5O3. The van der Waals surface area contributed by atoms with E-state index < -0.39 is 10.3 Å². The van der Waals surface area contributed by atoms with E-state index in [0.717, 1.165) is 0 Å². The van der Waals surface area contributed by atoms with Gasteiger partial charge >= 0.3 is 0 Å². The standard InChI is InChI=1S/C13H15N5O3/c1-13(2,3)10-11(19)15-12(17-16-10)14-8-4-6-9(7-5-8)18(20)21/h4-7H,1-3H3,(H2,14,15,17,19). The molecule has 1 aromatic heterocycles. The summed E-state index contributed by atoms with van der Waals surface area (Å²) in [5, 5.41) is 21.2. The Bertz CT molecular complexity index is 716. The van der Waals surface area contributed by atoms with Gasteiger partial charge in [0.25, 0.3) is 11.2 Å². The smallest absolute Gasteiger partial charge is 0.274 e. The summed E-state index contributed by atoms with van der Waals surface area (Å²) in [6.07, 6.45) is 0. The monoisotopic (exact) mass is 289 g/mol. The molecule has 2 rings (SSSR count). The Morgan fingerprint density at radius 3 is 2.29 bits per heavy atom. The van der Waals surface area contributed by atoms with E-state index in [1.54, 1.807) is 0 Å². The number of rotatable bonds is 3. The second kappa shape index (κ2) is 5.31. The van der Waals surface area contributed by atoms with Gasteiger partial charge in [-0.25, -0.2) is 0 Å². The van der Waals surface area contributed by atoms with Gasteiger partial charge in [0.1, 0.15) is 5.69 Å². The number of hydrogen-bond donors (Lipinski definition) is 2. The molecule has 110 valence electrons. The summed E-state index contributed by atoms with van der Waals surface area (Å²) in [7, 11) is 0. The minimum atomic E-state index is -0.483. The van der Waals surface area contributed by atoms with Gasteiger partial charge in [0, 0.05) is 23.2 Å². The van der Waals surface area contributed by atoms with Crippen LogP contribution < -0.4 is 10.9 Å². The van der Waals surface area contributed by atoms with Crippen molar-refractivity contribution in [3.63, 3.8) is 0 Å². The van der Waals surface area contributed by atoms with Gasteiger partial charge < -0.3 is 5.32 Å². The zero-order chi connectivity index (χ0) is 15.6. The lowest BCUT2D eigenvalue weighted by atomic mass is 9.93. The van der Waals surface area contributed by atoms with E-state index >= 15 is 0 Å². The first-order valence-corrected chi connectivity index (χ1v) is 6.26. The van der Waals surface area contributed by atoms with Crippen molar-refractivity contribution in [3.05, 3.63) is 50.4 Å². The number of nitro groups is 1. The Balaban J connectivity index is 2.22. The number of benzene rings is 1. The van der Waals surface area contributed by atoms with E-state index in [1.807, 2.05) is 20.8 Å². The summed E-state index contributed by atoms with van der Waals surface area (Å²) in [6, 6.07) is 5.76. The van der Waals surface area contributed by atoms with Gasteiger partial charge in [-0.15, -0.1) is 10.2 Å². The molecule has 2 N–H and O–H groups in total. The fourth-order valence-electron chi connectivity index (χ4n) is 1.69. The van der Waals surface area contributed by atoms with Gasteiger partial charge in [-0.3, -0.25) is 19.9 Å². The number of H-pyrrole nitrogens is 1. The minimum Gasteiger partial charge on any atom is -0.324 e. The van der Waals surface area contributed by atoms with Crippen molar-refractivity contribution < 1.29 is 4.92 Å². The quantitative estimate of drug-likeness (QED) is 0.660. The molecule has 0 aliphatic heterocycles.